The standard InChI is InChI=1S/C13H20N2O2/c1-3-15-8-6-11(7-9-15)14(2)13(16)12-5-4-10-17-12/h4-5,10-11H,3,6-9H2,1-2H3. The second kappa shape index (κ2) is 5.36. The van der Waals surface area contributed by atoms with Gasteiger partial charge in [-0.1, -0.05) is 6.92 Å². The third-order valence-electron chi connectivity index (χ3n) is 3.60. The van der Waals surface area contributed by atoms with E-state index >= 15 is 0 Å². The Hall–Kier alpha value is -1.29. The Morgan fingerprint density at radius 1 is 1.53 bits per heavy atom. The molecule has 1 fully saturated rings. The molecule has 0 atom stereocenters. The first-order chi connectivity index (χ1) is 8.22. The topological polar surface area (TPSA) is 36.7 Å². The molecule has 1 saturated heterocycles. The molecule has 2 heterocycles. The van der Waals surface area contributed by atoms with Crippen LogP contribution in [0.25, 0.3) is 0 Å². The molecule has 1 aromatic heterocycles. The van der Waals surface area contributed by atoms with E-state index in [9.17, 15) is 4.79 Å². The molecule has 1 aliphatic rings. The first-order valence-corrected chi connectivity index (χ1v) is 6.25. The summed E-state index contributed by atoms with van der Waals surface area (Å²) in [4.78, 5) is 16.3. The maximum absolute atomic E-state index is 12.1. The van der Waals surface area contributed by atoms with Gasteiger partial charge in [0.05, 0.1) is 6.26 Å². The van der Waals surface area contributed by atoms with Crippen molar-refractivity contribution in [2.75, 3.05) is 26.7 Å². The van der Waals surface area contributed by atoms with Crippen LogP contribution in [0.1, 0.15) is 30.3 Å². The highest BCUT2D eigenvalue weighted by Gasteiger charge is 2.26. The minimum atomic E-state index is -0.00931. The van der Waals surface area contributed by atoms with Crippen LogP contribution >= 0.6 is 0 Å². The lowest BCUT2D eigenvalue weighted by atomic mass is 10.0. The molecule has 0 saturated carbocycles. The molecule has 0 bridgehead atoms. The highest BCUT2D eigenvalue weighted by Crippen LogP contribution is 2.17. The molecule has 0 unspecified atom stereocenters. The van der Waals surface area contributed by atoms with E-state index in [1.807, 2.05) is 11.9 Å². The Morgan fingerprint density at radius 3 is 2.76 bits per heavy atom. The highest BCUT2D eigenvalue weighted by molar-refractivity contribution is 5.91. The van der Waals surface area contributed by atoms with E-state index in [0.29, 0.717) is 11.8 Å². The molecule has 0 radical (unpaired) electrons. The van der Waals surface area contributed by atoms with Gasteiger partial charge in [-0.3, -0.25) is 4.79 Å². The monoisotopic (exact) mass is 236 g/mol. The molecule has 17 heavy (non-hydrogen) atoms. The van der Waals surface area contributed by atoms with Crippen LogP contribution in [-0.2, 0) is 0 Å². The lowest BCUT2D eigenvalue weighted by Gasteiger charge is -2.35. The lowest BCUT2D eigenvalue weighted by molar-refractivity contribution is 0.0616. The summed E-state index contributed by atoms with van der Waals surface area (Å²) in [6.45, 7) is 5.44. The number of piperidine rings is 1. The maximum Gasteiger partial charge on any atom is 0.289 e. The number of likely N-dealkylation sites (tertiary alicyclic amines) is 1. The van der Waals surface area contributed by atoms with E-state index < -0.39 is 0 Å². The molecule has 0 N–H and O–H groups in total. The fourth-order valence-corrected chi connectivity index (χ4v) is 2.36. The number of amides is 1. The minimum Gasteiger partial charge on any atom is -0.459 e. The summed E-state index contributed by atoms with van der Waals surface area (Å²) in [7, 11) is 1.87. The predicted molar refractivity (Wildman–Crippen MR) is 65.9 cm³/mol. The summed E-state index contributed by atoms with van der Waals surface area (Å²) in [5.74, 6) is 0.426. The zero-order chi connectivity index (χ0) is 12.3. The van der Waals surface area contributed by atoms with Crippen molar-refractivity contribution in [2.24, 2.45) is 0 Å². The number of carbonyl (C=O) groups excluding carboxylic acids is 1. The number of rotatable bonds is 3. The Bertz CT molecular complexity index is 354. The van der Waals surface area contributed by atoms with Crippen molar-refractivity contribution in [3.8, 4) is 0 Å². The second-order valence-electron chi connectivity index (χ2n) is 4.56. The van der Waals surface area contributed by atoms with Crippen LogP contribution in [0, 0.1) is 0 Å². The van der Waals surface area contributed by atoms with Gasteiger partial charge in [-0.05, 0) is 31.5 Å². The fourth-order valence-electron chi connectivity index (χ4n) is 2.36. The molecule has 1 aliphatic heterocycles. The van der Waals surface area contributed by atoms with E-state index in [1.54, 1.807) is 18.4 Å². The van der Waals surface area contributed by atoms with Crippen LogP contribution in [0.15, 0.2) is 22.8 Å². The number of hydrogen-bond acceptors (Lipinski definition) is 3. The quantitative estimate of drug-likeness (QED) is 0.803. The van der Waals surface area contributed by atoms with Gasteiger partial charge in [-0.15, -0.1) is 0 Å². The molecule has 2 rings (SSSR count). The van der Waals surface area contributed by atoms with Gasteiger partial charge in [-0.2, -0.15) is 0 Å². The van der Waals surface area contributed by atoms with E-state index in [0.717, 1.165) is 32.5 Å². The highest BCUT2D eigenvalue weighted by atomic mass is 16.3. The Labute approximate surface area is 102 Å². The Balaban J connectivity index is 1.92. The largest absolute Gasteiger partial charge is 0.459 e. The second-order valence-corrected chi connectivity index (χ2v) is 4.56. The van der Waals surface area contributed by atoms with Crippen molar-refractivity contribution in [1.29, 1.82) is 0 Å². The third-order valence-corrected chi connectivity index (χ3v) is 3.60. The molecule has 4 heteroatoms. The average molecular weight is 236 g/mol. The Morgan fingerprint density at radius 2 is 2.24 bits per heavy atom. The summed E-state index contributed by atoms with van der Waals surface area (Å²) in [5.41, 5.74) is 0. The summed E-state index contributed by atoms with van der Waals surface area (Å²) in [6.07, 6.45) is 3.65. The van der Waals surface area contributed by atoms with Gasteiger partial charge in [0.15, 0.2) is 5.76 Å². The van der Waals surface area contributed by atoms with Crippen LogP contribution in [-0.4, -0.2) is 48.4 Å². The molecule has 1 aromatic rings. The van der Waals surface area contributed by atoms with E-state index in [2.05, 4.69) is 11.8 Å². The van der Waals surface area contributed by atoms with Crippen molar-refractivity contribution < 1.29 is 9.21 Å². The zero-order valence-electron chi connectivity index (χ0n) is 10.6. The summed E-state index contributed by atoms with van der Waals surface area (Å²) >= 11 is 0. The number of nitrogens with zero attached hydrogens (tertiary/aromatic N) is 2. The number of hydrogen-bond donors (Lipinski definition) is 0. The number of furan rings is 1. The SMILES string of the molecule is CCN1CCC(N(C)C(=O)c2ccco2)CC1. The van der Waals surface area contributed by atoms with Gasteiger partial charge in [-0.25, -0.2) is 0 Å². The molecular weight excluding hydrogens is 216 g/mol. The van der Waals surface area contributed by atoms with Gasteiger partial charge >= 0.3 is 0 Å². The van der Waals surface area contributed by atoms with Gasteiger partial charge in [0.25, 0.3) is 5.91 Å². The van der Waals surface area contributed by atoms with Crippen LogP contribution in [0.2, 0.25) is 0 Å². The third kappa shape index (κ3) is 2.69. The van der Waals surface area contributed by atoms with Crippen LogP contribution in [0.5, 0.6) is 0 Å². The first kappa shape index (κ1) is 12.2. The molecule has 1 amide bonds. The van der Waals surface area contributed by atoms with Gasteiger partial charge < -0.3 is 14.2 Å². The average Bonchev–Trinajstić information content (AvgIpc) is 2.91. The summed E-state index contributed by atoms with van der Waals surface area (Å²) < 4.78 is 5.15. The van der Waals surface area contributed by atoms with Crippen molar-refractivity contribution in [3.63, 3.8) is 0 Å². The van der Waals surface area contributed by atoms with Crippen LogP contribution in [0.3, 0.4) is 0 Å². The van der Waals surface area contributed by atoms with Crippen LogP contribution < -0.4 is 0 Å². The van der Waals surface area contributed by atoms with Crippen molar-refractivity contribution >= 4 is 5.91 Å². The van der Waals surface area contributed by atoms with Crippen LogP contribution in [0.4, 0.5) is 0 Å². The van der Waals surface area contributed by atoms with Gasteiger partial charge in [0, 0.05) is 26.2 Å². The first-order valence-electron chi connectivity index (χ1n) is 6.25. The smallest absolute Gasteiger partial charge is 0.289 e. The van der Waals surface area contributed by atoms with Gasteiger partial charge in [0.1, 0.15) is 0 Å². The zero-order valence-corrected chi connectivity index (χ0v) is 10.6. The minimum absolute atomic E-state index is 0.00931. The molecule has 94 valence electrons. The van der Waals surface area contributed by atoms with Crippen molar-refractivity contribution in [2.45, 2.75) is 25.8 Å². The normalized spacial score (nSPS) is 18.2. The van der Waals surface area contributed by atoms with Crippen molar-refractivity contribution in [3.05, 3.63) is 24.2 Å². The van der Waals surface area contributed by atoms with E-state index in [1.165, 1.54) is 0 Å². The predicted octanol–water partition coefficient (Wildman–Crippen LogP) is 1.84. The molecule has 0 aliphatic carbocycles. The van der Waals surface area contributed by atoms with Crippen molar-refractivity contribution in [1.82, 2.24) is 9.80 Å². The Kier molecular flexibility index (Phi) is 3.84. The van der Waals surface area contributed by atoms with E-state index in [-0.39, 0.29) is 5.91 Å². The molecule has 0 spiro atoms. The summed E-state index contributed by atoms with van der Waals surface area (Å²) in [5, 5.41) is 0. The number of carbonyl (C=O) groups is 1. The van der Waals surface area contributed by atoms with E-state index in [4.69, 9.17) is 4.42 Å². The maximum atomic E-state index is 12.1. The lowest BCUT2D eigenvalue weighted by Crippen LogP contribution is -2.45. The summed E-state index contributed by atoms with van der Waals surface area (Å²) in [6, 6.07) is 3.82. The fraction of sp³-hybridized carbons (Fsp3) is 0.615. The molecule has 4 nitrogen and oxygen atoms in total. The molecule has 0 aromatic carbocycles. The van der Waals surface area contributed by atoms with Gasteiger partial charge in [0.2, 0.25) is 0 Å². The molecular formula is C13H20N2O2.